The molecule has 0 bridgehead atoms. The molecule has 0 spiro atoms. The third-order valence-corrected chi connectivity index (χ3v) is 8.68. The SMILES string of the molecule is COc1ccc(OC)c(N2C(=NC(=O)Cc3ccccc3OC)S[C@@H]3CS(=O)(=O)C[C@H]32)c1. The van der Waals surface area contributed by atoms with Crippen molar-refractivity contribution in [2.45, 2.75) is 17.7 Å². The number of para-hydroxylation sites is 1. The average Bonchev–Trinajstić information content (AvgIpc) is 3.24. The molecule has 2 aromatic rings. The number of methoxy groups -OCH3 is 3. The van der Waals surface area contributed by atoms with Crippen LogP contribution in [0.15, 0.2) is 47.5 Å². The van der Waals surface area contributed by atoms with Gasteiger partial charge in [-0.2, -0.15) is 4.99 Å². The van der Waals surface area contributed by atoms with Crippen LogP contribution in [-0.4, -0.2) is 63.6 Å². The Bertz CT molecular complexity index is 1160. The fourth-order valence-electron chi connectivity index (χ4n) is 3.99. The van der Waals surface area contributed by atoms with Crippen molar-refractivity contribution in [2.24, 2.45) is 4.99 Å². The predicted molar refractivity (Wildman–Crippen MR) is 125 cm³/mol. The Hall–Kier alpha value is -2.72. The lowest BCUT2D eigenvalue weighted by molar-refractivity contribution is -0.117. The fourth-order valence-corrected chi connectivity index (χ4v) is 7.91. The van der Waals surface area contributed by atoms with E-state index >= 15 is 0 Å². The number of hydrogen-bond donors (Lipinski definition) is 0. The smallest absolute Gasteiger partial charge is 0.252 e. The van der Waals surface area contributed by atoms with Crippen molar-refractivity contribution in [1.82, 2.24) is 0 Å². The number of aliphatic imine (C=N–C) groups is 1. The predicted octanol–water partition coefficient (Wildman–Crippen LogP) is 2.56. The summed E-state index contributed by atoms with van der Waals surface area (Å²) in [6.07, 6.45) is 0.0742. The second-order valence-corrected chi connectivity index (χ2v) is 10.8. The van der Waals surface area contributed by atoms with Gasteiger partial charge in [-0.05, 0) is 18.2 Å². The van der Waals surface area contributed by atoms with Gasteiger partial charge in [-0.3, -0.25) is 4.79 Å². The van der Waals surface area contributed by atoms with Gasteiger partial charge in [0.2, 0.25) is 0 Å². The Kier molecular flexibility index (Phi) is 6.34. The van der Waals surface area contributed by atoms with Crippen LogP contribution >= 0.6 is 11.8 Å². The lowest BCUT2D eigenvalue weighted by atomic mass is 10.1. The van der Waals surface area contributed by atoms with Gasteiger partial charge in [0.05, 0.1) is 51.0 Å². The monoisotopic (exact) mass is 476 g/mol. The van der Waals surface area contributed by atoms with Crippen LogP contribution in [0.5, 0.6) is 17.2 Å². The van der Waals surface area contributed by atoms with E-state index in [0.717, 1.165) is 5.56 Å². The quantitative estimate of drug-likeness (QED) is 0.628. The van der Waals surface area contributed by atoms with E-state index in [1.54, 1.807) is 50.5 Å². The maximum absolute atomic E-state index is 12.9. The maximum Gasteiger partial charge on any atom is 0.252 e. The molecule has 0 unspecified atom stereocenters. The van der Waals surface area contributed by atoms with Gasteiger partial charge < -0.3 is 19.1 Å². The molecule has 32 heavy (non-hydrogen) atoms. The highest BCUT2D eigenvalue weighted by Gasteiger charge is 2.50. The zero-order chi connectivity index (χ0) is 22.9. The van der Waals surface area contributed by atoms with E-state index < -0.39 is 9.84 Å². The second-order valence-electron chi connectivity index (χ2n) is 7.49. The molecule has 0 saturated carbocycles. The molecule has 2 aromatic carbocycles. The van der Waals surface area contributed by atoms with Crippen LogP contribution in [0.25, 0.3) is 0 Å². The summed E-state index contributed by atoms with van der Waals surface area (Å²) in [6, 6.07) is 12.2. The van der Waals surface area contributed by atoms with E-state index in [-0.39, 0.29) is 35.1 Å². The first kappa shape index (κ1) is 22.5. The summed E-state index contributed by atoms with van der Waals surface area (Å²) >= 11 is 1.32. The number of benzene rings is 2. The van der Waals surface area contributed by atoms with Gasteiger partial charge in [0.25, 0.3) is 5.91 Å². The van der Waals surface area contributed by atoms with Crippen molar-refractivity contribution < 1.29 is 27.4 Å². The number of carbonyl (C=O) groups excluding carboxylic acids is 1. The Morgan fingerprint density at radius 1 is 1.06 bits per heavy atom. The Balaban J connectivity index is 1.72. The minimum Gasteiger partial charge on any atom is -0.497 e. The number of ether oxygens (including phenoxy) is 3. The first-order chi connectivity index (χ1) is 15.3. The van der Waals surface area contributed by atoms with Crippen LogP contribution in [0.2, 0.25) is 0 Å². The van der Waals surface area contributed by atoms with Crippen LogP contribution < -0.4 is 19.1 Å². The number of nitrogens with zero attached hydrogens (tertiary/aromatic N) is 2. The molecule has 8 nitrogen and oxygen atoms in total. The summed E-state index contributed by atoms with van der Waals surface area (Å²) < 4.78 is 40.9. The van der Waals surface area contributed by atoms with E-state index in [1.165, 1.54) is 11.8 Å². The lowest BCUT2D eigenvalue weighted by Gasteiger charge is -2.26. The highest BCUT2D eigenvalue weighted by Crippen LogP contribution is 2.45. The van der Waals surface area contributed by atoms with Gasteiger partial charge in [-0.25, -0.2) is 8.42 Å². The molecule has 1 amide bonds. The molecule has 2 heterocycles. The number of carbonyl (C=O) groups is 1. The van der Waals surface area contributed by atoms with E-state index in [4.69, 9.17) is 14.2 Å². The van der Waals surface area contributed by atoms with Gasteiger partial charge in [0.1, 0.15) is 17.2 Å². The fraction of sp³-hybridized carbons (Fsp3) is 0.364. The molecule has 0 aliphatic carbocycles. The molecule has 4 rings (SSSR count). The number of thioether (sulfide) groups is 1. The molecule has 170 valence electrons. The van der Waals surface area contributed by atoms with Crippen molar-refractivity contribution in [2.75, 3.05) is 37.7 Å². The summed E-state index contributed by atoms with van der Waals surface area (Å²) in [5, 5.41) is 0.245. The highest BCUT2D eigenvalue weighted by molar-refractivity contribution is 8.16. The van der Waals surface area contributed by atoms with Crippen LogP contribution in [0.4, 0.5) is 5.69 Å². The standard InChI is InChI=1S/C22H24N2O6S2/c1-28-15-8-9-19(30-3)16(11-15)24-17-12-32(26,27)13-20(17)31-22(24)23-21(25)10-14-6-4-5-7-18(14)29-2/h4-9,11,17,20H,10,12-13H2,1-3H3/t17-,20-/m1/s1. The molecule has 0 N–H and O–H groups in total. The molecule has 10 heteroatoms. The summed E-state index contributed by atoms with van der Waals surface area (Å²) in [5.41, 5.74) is 1.36. The van der Waals surface area contributed by atoms with Crippen molar-refractivity contribution >= 4 is 38.4 Å². The normalized spacial score (nSPS) is 22.6. The van der Waals surface area contributed by atoms with E-state index in [2.05, 4.69) is 4.99 Å². The summed E-state index contributed by atoms with van der Waals surface area (Å²) in [6.45, 7) is 0. The van der Waals surface area contributed by atoms with Gasteiger partial charge >= 0.3 is 0 Å². The Morgan fingerprint density at radius 3 is 2.53 bits per heavy atom. The Labute approximate surface area is 191 Å². The third-order valence-electron chi connectivity index (χ3n) is 5.47. The molecule has 2 fully saturated rings. The van der Waals surface area contributed by atoms with Crippen LogP contribution in [-0.2, 0) is 21.1 Å². The topological polar surface area (TPSA) is 94.5 Å². The number of sulfone groups is 1. The third kappa shape index (κ3) is 4.42. The van der Waals surface area contributed by atoms with E-state index in [1.807, 2.05) is 18.2 Å². The minimum atomic E-state index is -3.18. The first-order valence-corrected chi connectivity index (χ1v) is 12.7. The van der Waals surface area contributed by atoms with Crippen molar-refractivity contribution in [3.05, 3.63) is 48.0 Å². The number of anilines is 1. The number of amides is 1. The van der Waals surface area contributed by atoms with E-state index in [9.17, 15) is 13.2 Å². The number of amidine groups is 1. The lowest BCUT2D eigenvalue weighted by Crippen LogP contribution is -2.38. The number of fused-ring (bicyclic) bond motifs is 1. The zero-order valence-electron chi connectivity index (χ0n) is 18.0. The van der Waals surface area contributed by atoms with Gasteiger partial charge in [0.15, 0.2) is 15.0 Å². The average molecular weight is 477 g/mol. The summed E-state index contributed by atoms with van der Waals surface area (Å²) in [5.74, 6) is 1.45. The van der Waals surface area contributed by atoms with Gasteiger partial charge in [-0.1, -0.05) is 30.0 Å². The molecule has 2 saturated heterocycles. The van der Waals surface area contributed by atoms with Crippen LogP contribution in [0, 0.1) is 0 Å². The summed E-state index contributed by atoms with van der Waals surface area (Å²) in [7, 11) is 1.47. The molecular formula is C22H24N2O6S2. The number of hydrogen-bond acceptors (Lipinski definition) is 7. The summed E-state index contributed by atoms with van der Waals surface area (Å²) in [4.78, 5) is 19.1. The molecule has 0 radical (unpaired) electrons. The molecule has 2 aliphatic rings. The van der Waals surface area contributed by atoms with Crippen LogP contribution in [0.1, 0.15) is 5.56 Å². The first-order valence-electron chi connectivity index (χ1n) is 9.97. The maximum atomic E-state index is 12.9. The zero-order valence-corrected chi connectivity index (χ0v) is 19.6. The molecule has 2 aliphatic heterocycles. The highest BCUT2D eigenvalue weighted by atomic mass is 32.2. The van der Waals surface area contributed by atoms with E-state index in [0.29, 0.717) is 28.1 Å². The van der Waals surface area contributed by atoms with Crippen molar-refractivity contribution in [3.63, 3.8) is 0 Å². The molecule has 2 atom stereocenters. The van der Waals surface area contributed by atoms with Crippen LogP contribution in [0.3, 0.4) is 0 Å². The van der Waals surface area contributed by atoms with Crippen molar-refractivity contribution in [3.8, 4) is 17.2 Å². The Morgan fingerprint density at radius 2 is 1.81 bits per heavy atom. The van der Waals surface area contributed by atoms with Crippen molar-refractivity contribution in [1.29, 1.82) is 0 Å². The molecular weight excluding hydrogens is 452 g/mol. The van der Waals surface area contributed by atoms with Gasteiger partial charge in [-0.15, -0.1) is 0 Å². The van der Waals surface area contributed by atoms with Gasteiger partial charge in [0, 0.05) is 16.9 Å². The second kappa shape index (κ2) is 9.03. The molecule has 0 aromatic heterocycles. The minimum absolute atomic E-state index is 0.00918. The number of rotatable bonds is 6. The largest absolute Gasteiger partial charge is 0.497 e.